The number of benzene rings is 1. The van der Waals surface area contributed by atoms with E-state index in [1.807, 2.05) is 42.1 Å². The number of fused-ring (bicyclic) bond motifs is 1. The molecule has 108 valence electrons. The van der Waals surface area contributed by atoms with E-state index in [0.717, 1.165) is 17.9 Å². The average Bonchev–Trinajstić information content (AvgIpc) is 2.54. The third-order valence-electron chi connectivity index (χ3n) is 3.42. The molecule has 0 unspecified atom stereocenters. The number of nitrogens with one attached hydrogen (secondary N) is 2. The van der Waals surface area contributed by atoms with Gasteiger partial charge in [-0.2, -0.15) is 0 Å². The van der Waals surface area contributed by atoms with Crippen LogP contribution in [-0.2, 0) is 6.54 Å². The minimum atomic E-state index is -0.146. The van der Waals surface area contributed by atoms with Gasteiger partial charge in [-0.25, -0.2) is 4.79 Å². The molecule has 0 fully saturated rings. The molecule has 1 atom stereocenters. The van der Waals surface area contributed by atoms with Gasteiger partial charge in [0.2, 0.25) is 0 Å². The Kier molecular flexibility index (Phi) is 4.40. The van der Waals surface area contributed by atoms with E-state index in [-0.39, 0.29) is 12.1 Å². The van der Waals surface area contributed by atoms with Gasteiger partial charge in [-0.05, 0) is 30.2 Å². The average molecular weight is 299 g/mol. The standard InChI is InChI=1S/C16H17N3OS/c20-16(18-11-12-5-3-4-9-17-12)19-14-8-10-21-15-7-2-1-6-13(14)15/h1-7,9,14H,8,10-11H2,(H2,18,19,20)/t14-/m0/s1. The summed E-state index contributed by atoms with van der Waals surface area (Å²) in [6, 6.07) is 13.9. The summed E-state index contributed by atoms with van der Waals surface area (Å²) >= 11 is 1.85. The van der Waals surface area contributed by atoms with Crippen molar-refractivity contribution in [1.82, 2.24) is 15.6 Å². The Hall–Kier alpha value is -2.01. The van der Waals surface area contributed by atoms with Crippen LogP contribution in [0.3, 0.4) is 0 Å². The second kappa shape index (κ2) is 6.63. The highest BCUT2D eigenvalue weighted by atomic mass is 32.2. The van der Waals surface area contributed by atoms with Crippen LogP contribution in [0, 0.1) is 0 Å². The lowest BCUT2D eigenvalue weighted by atomic mass is 10.0. The molecule has 3 rings (SSSR count). The number of carbonyl (C=O) groups excluding carboxylic acids is 1. The van der Waals surface area contributed by atoms with Crippen molar-refractivity contribution < 1.29 is 4.79 Å². The lowest BCUT2D eigenvalue weighted by Gasteiger charge is -2.25. The van der Waals surface area contributed by atoms with Gasteiger partial charge < -0.3 is 10.6 Å². The molecule has 0 bridgehead atoms. The summed E-state index contributed by atoms with van der Waals surface area (Å²) in [7, 11) is 0. The van der Waals surface area contributed by atoms with Crippen LogP contribution in [0.4, 0.5) is 4.79 Å². The van der Waals surface area contributed by atoms with E-state index < -0.39 is 0 Å². The van der Waals surface area contributed by atoms with E-state index in [1.54, 1.807) is 6.20 Å². The highest BCUT2D eigenvalue weighted by Crippen LogP contribution is 2.35. The van der Waals surface area contributed by atoms with Gasteiger partial charge in [0, 0.05) is 16.8 Å². The third-order valence-corrected chi connectivity index (χ3v) is 4.54. The predicted octanol–water partition coefficient (Wildman–Crippen LogP) is 3.12. The maximum Gasteiger partial charge on any atom is 0.315 e. The highest BCUT2D eigenvalue weighted by Gasteiger charge is 2.21. The number of aromatic nitrogens is 1. The van der Waals surface area contributed by atoms with Crippen LogP contribution in [0.25, 0.3) is 0 Å². The molecule has 1 aliphatic heterocycles. The van der Waals surface area contributed by atoms with Gasteiger partial charge in [0.15, 0.2) is 0 Å². The molecule has 2 heterocycles. The zero-order chi connectivity index (χ0) is 14.5. The van der Waals surface area contributed by atoms with Crippen molar-refractivity contribution in [1.29, 1.82) is 0 Å². The zero-order valence-electron chi connectivity index (χ0n) is 11.6. The number of nitrogens with zero attached hydrogens (tertiary/aromatic N) is 1. The van der Waals surface area contributed by atoms with Crippen molar-refractivity contribution in [3.63, 3.8) is 0 Å². The van der Waals surface area contributed by atoms with Crippen LogP contribution in [0.2, 0.25) is 0 Å². The second-order valence-corrected chi connectivity index (χ2v) is 6.01. The summed E-state index contributed by atoms with van der Waals surface area (Å²) in [5.74, 6) is 1.03. The molecule has 1 aromatic heterocycles. The number of carbonyl (C=O) groups is 1. The molecule has 4 nitrogen and oxygen atoms in total. The second-order valence-electron chi connectivity index (χ2n) is 4.88. The molecule has 0 saturated carbocycles. The van der Waals surface area contributed by atoms with Crippen LogP contribution >= 0.6 is 11.8 Å². The Balaban J connectivity index is 1.58. The molecule has 5 heteroatoms. The van der Waals surface area contributed by atoms with E-state index >= 15 is 0 Å². The smallest absolute Gasteiger partial charge is 0.315 e. The number of urea groups is 1. The van der Waals surface area contributed by atoms with Gasteiger partial charge in [-0.1, -0.05) is 24.3 Å². The lowest BCUT2D eigenvalue weighted by molar-refractivity contribution is 0.236. The molecule has 21 heavy (non-hydrogen) atoms. The number of pyridine rings is 1. The molecule has 0 radical (unpaired) electrons. The molecule has 1 aliphatic rings. The summed E-state index contributed by atoms with van der Waals surface area (Å²) < 4.78 is 0. The molecule has 0 spiro atoms. The predicted molar refractivity (Wildman–Crippen MR) is 84.1 cm³/mol. The van der Waals surface area contributed by atoms with Gasteiger partial charge >= 0.3 is 6.03 Å². The molecular formula is C16H17N3OS. The van der Waals surface area contributed by atoms with Crippen molar-refractivity contribution in [2.24, 2.45) is 0 Å². The normalized spacial score (nSPS) is 16.9. The van der Waals surface area contributed by atoms with Crippen LogP contribution in [0.1, 0.15) is 23.7 Å². The van der Waals surface area contributed by atoms with Gasteiger partial charge in [0.05, 0.1) is 18.3 Å². The van der Waals surface area contributed by atoms with Gasteiger partial charge in [0.25, 0.3) is 0 Å². The molecule has 0 saturated heterocycles. The Labute approximate surface area is 128 Å². The number of amides is 2. The largest absolute Gasteiger partial charge is 0.332 e. The lowest BCUT2D eigenvalue weighted by Crippen LogP contribution is -2.38. The van der Waals surface area contributed by atoms with E-state index in [9.17, 15) is 4.79 Å². The summed E-state index contributed by atoms with van der Waals surface area (Å²) in [5, 5.41) is 5.91. The van der Waals surface area contributed by atoms with Crippen molar-refractivity contribution >= 4 is 17.8 Å². The van der Waals surface area contributed by atoms with Crippen molar-refractivity contribution in [3.05, 3.63) is 59.9 Å². The van der Waals surface area contributed by atoms with Gasteiger partial charge in [-0.15, -0.1) is 11.8 Å². The first-order chi connectivity index (χ1) is 10.3. The zero-order valence-corrected chi connectivity index (χ0v) is 12.4. The molecule has 0 aliphatic carbocycles. The summed E-state index contributed by atoms with van der Waals surface area (Å²) in [6.07, 6.45) is 2.68. The van der Waals surface area contributed by atoms with E-state index in [1.165, 1.54) is 10.5 Å². The van der Waals surface area contributed by atoms with Crippen LogP contribution in [0.15, 0.2) is 53.6 Å². The minimum absolute atomic E-state index is 0.0891. The van der Waals surface area contributed by atoms with E-state index in [2.05, 4.69) is 27.8 Å². The maximum absolute atomic E-state index is 12.0. The SMILES string of the molecule is O=C(NCc1ccccn1)N[C@H]1CCSc2ccccc21. The highest BCUT2D eigenvalue weighted by molar-refractivity contribution is 7.99. The molecule has 2 N–H and O–H groups in total. The summed E-state index contributed by atoms with van der Waals surface area (Å²) in [6.45, 7) is 0.440. The fraction of sp³-hybridized carbons (Fsp3) is 0.250. The number of hydrogen-bond acceptors (Lipinski definition) is 3. The minimum Gasteiger partial charge on any atom is -0.332 e. The molecule has 2 amide bonds. The number of rotatable bonds is 3. The Bertz CT molecular complexity index is 618. The topological polar surface area (TPSA) is 54.0 Å². The van der Waals surface area contributed by atoms with Crippen LogP contribution in [0.5, 0.6) is 0 Å². The van der Waals surface area contributed by atoms with Crippen LogP contribution in [-0.4, -0.2) is 16.8 Å². The van der Waals surface area contributed by atoms with E-state index in [0.29, 0.717) is 6.54 Å². The Morgan fingerprint density at radius 1 is 1.24 bits per heavy atom. The van der Waals surface area contributed by atoms with Crippen molar-refractivity contribution in [3.8, 4) is 0 Å². The Morgan fingerprint density at radius 2 is 2.10 bits per heavy atom. The third kappa shape index (κ3) is 3.55. The van der Waals surface area contributed by atoms with E-state index in [4.69, 9.17) is 0 Å². The van der Waals surface area contributed by atoms with Crippen LogP contribution < -0.4 is 10.6 Å². The first-order valence-corrected chi connectivity index (χ1v) is 7.97. The Morgan fingerprint density at radius 3 is 2.95 bits per heavy atom. The maximum atomic E-state index is 12.0. The number of thioether (sulfide) groups is 1. The fourth-order valence-electron chi connectivity index (χ4n) is 2.37. The number of hydrogen-bond donors (Lipinski definition) is 2. The fourth-order valence-corrected chi connectivity index (χ4v) is 3.50. The summed E-state index contributed by atoms with van der Waals surface area (Å²) in [5.41, 5.74) is 2.06. The van der Waals surface area contributed by atoms with Crippen molar-refractivity contribution in [2.75, 3.05) is 5.75 Å². The quantitative estimate of drug-likeness (QED) is 0.915. The first kappa shape index (κ1) is 13.9. The van der Waals surface area contributed by atoms with Crippen molar-refractivity contribution in [2.45, 2.75) is 23.9 Å². The molecule has 1 aromatic carbocycles. The monoisotopic (exact) mass is 299 g/mol. The van der Waals surface area contributed by atoms with Gasteiger partial charge in [0.1, 0.15) is 0 Å². The summed E-state index contributed by atoms with van der Waals surface area (Å²) in [4.78, 5) is 17.5. The van der Waals surface area contributed by atoms with Gasteiger partial charge in [-0.3, -0.25) is 4.98 Å². The first-order valence-electron chi connectivity index (χ1n) is 6.99. The molecule has 2 aromatic rings. The molecular weight excluding hydrogens is 282 g/mol.